The molecule has 1 aliphatic rings. The van der Waals surface area contributed by atoms with E-state index in [1.54, 1.807) is 0 Å². The van der Waals surface area contributed by atoms with Gasteiger partial charge in [0.25, 0.3) is 0 Å². The molecule has 0 amide bonds. The number of ether oxygens (including phenoxy) is 2. The van der Waals surface area contributed by atoms with Gasteiger partial charge in [0.05, 0.1) is 12.7 Å². The Morgan fingerprint density at radius 2 is 1.85 bits per heavy atom. The summed E-state index contributed by atoms with van der Waals surface area (Å²) in [5, 5.41) is 3.26. The standard InChI is InChI=1S/C16H31NO3/c1-4-19-16(18)15(17-13(2)3)11-12-20-14-9-7-5-6-8-10-14/h13-15,17H,4-12H2,1-3H3. The van der Waals surface area contributed by atoms with Gasteiger partial charge in [0.1, 0.15) is 6.04 Å². The minimum absolute atomic E-state index is 0.161. The van der Waals surface area contributed by atoms with Crippen molar-refractivity contribution in [2.45, 2.75) is 83.9 Å². The summed E-state index contributed by atoms with van der Waals surface area (Å²) in [6.07, 6.45) is 8.63. The predicted molar refractivity (Wildman–Crippen MR) is 80.8 cm³/mol. The van der Waals surface area contributed by atoms with Crippen LogP contribution in [0, 0.1) is 0 Å². The van der Waals surface area contributed by atoms with Gasteiger partial charge in [-0.1, -0.05) is 39.5 Å². The molecule has 1 fully saturated rings. The average Bonchev–Trinajstić information content (AvgIpc) is 2.66. The van der Waals surface area contributed by atoms with Crippen LogP contribution in [0.1, 0.15) is 65.7 Å². The van der Waals surface area contributed by atoms with Crippen molar-refractivity contribution in [3.8, 4) is 0 Å². The van der Waals surface area contributed by atoms with Gasteiger partial charge in [-0.15, -0.1) is 0 Å². The summed E-state index contributed by atoms with van der Waals surface area (Å²) in [7, 11) is 0. The van der Waals surface area contributed by atoms with E-state index in [1.165, 1.54) is 38.5 Å². The largest absolute Gasteiger partial charge is 0.465 e. The second-order valence-electron chi connectivity index (χ2n) is 5.90. The maximum Gasteiger partial charge on any atom is 0.323 e. The maximum absolute atomic E-state index is 11.9. The first-order valence-electron chi connectivity index (χ1n) is 8.17. The van der Waals surface area contributed by atoms with Crippen LogP contribution >= 0.6 is 0 Å². The Bertz CT molecular complexity index is 260. The fraction of sp³-hybridized carbons (Fsp3) is 0.938. The molecule has 1 atom stereocenters. The van der Waals surface area contributed by atoms with E-state index in [-0.39, 0.29) is 18.1 Å². The summed E-state index contributed by atoms with van der Waals surface area (Å²) in [6, 6.07) is 0.0167. The average molecular weight is 285 g/mol. The minimum Gasteiger partial charge on any atom is -0.465 e. The van der Waals surface area contributed by atoms with E-state index in [9.17, 15) is 4.79 Å². The van der Waals surface area contributed by atoms with Crippen molar-refractivity contribution in [3.63, 3.8) is 0 Å². The lowest BCUT2D eigenvalue weighted by Crippen LogP contribution is -2.42. The van der Waals surface area contributed by atoms with E-state index in [4.69, 9.17) is 9.47 Å². The fourth-order valence-corrected chi connectivity index (χ4v) is 2.68. The van der Waals surface area contributed by atoms with Crippen LogP contribution < -0.4 is 5.32 Å². The first-order valence-corrected chi connectivity index (χ1v) is 8.17. The van der Waals surface area contributed by atoms with Crippen molar-refractivity contribution in [1.29, 1.82) is 0 Å². The smallest absolute Gasteiger partial charge is 0.323 e. The van der Waals surface area contributed by atoms with E-state index in [2.05, 4.69) is 5.32 Å². The summed E-state index contributed by atoms with van der Waals surface area (Å²) in [5.74, 6) is -0.161. The van der Waals surface area contributed by atoms with Crippen LogP contribution in [-0.4, -0.2) is 37.4 Å². The molecule has 0 aliphatic heterocycles. The zero-order valence-electron chi connectivity index (χ0n) is 13.3. The van der Waals surface area contributed by atoms with E-state index in [0.717, 1.165) is 0 Å². The SMILES string of the molecule is CCOC(=O)C(CCOC1CCCCCC1)NC(C)C. The molecule has 0 spiro atoms. The van der Waals surface area contributed by atoms with Crippen molar-refractivity contribution in [2.75, 3.05) is 13.2 Å². The Morgan fingerprint density at radius 3 is 2.40 bits per heavy atom. The molecular formula is C16H31NO3. The second kappa shape index (κ2) is 10.2. The van der Waals surface area contributed by atoms with Crippen LogP contribution in [-0.2, 0) is 14.3 Å². The molecule has 1 unspecified atom stereocenters. The first-order chi connectivity index (χ1) is 9.63. The van der Waals surface area contributed by atoms with Crippen molar-refractivity contribution < 1.29 is 14.3 Å². The molecule has 0 saturated heterocycles. The summed E-state index contributed by atoms with van der Waals surface area (Å²) in [5.41, 5.74) is 0. The van der Waals surface area contributed by atoms with Gasteiger partial charge in [-0.2, -0.15) is 0 Å². The molecule has 1 rings (SSSR count). The molecule has 20 heavy (non-hydrogen) atoms. The van der Waals surface area contributed by atoms with Gasteiger partial charge in [0, 0.05) is 12.6 Å². The van der Waals surface area contributed by atoms with E-state index >= 15 is 0 Å². The number of nitrogens with one attached hydrogen (secondary N) is 1. The summed E-state index contributed by atoms with van der Waals surface area (Å²) in [4.78, 5) is 11.9. The number of rotatable bonds is 8. The Kier molecular flexibility index (Phi) is 8.86. The number of esters is 1. The molecule has 0 aromatic rings. The van der Waals surface area contributed by atoms with Crippen LogP contribution in [0.15, 0.2) is 0 Å². The van der Waals surface area contributed by atoms with E-state index in [0.29, 0.717) is 25.7 Å². The third-order valence-corrected chi connectivity index (χ3v) is 3.67. The highest BCUT2D eigenvalue weighted by Gasteiger charge is 2.21. The molecule has 4 heteroatoms. The molecular weight excluding hydrogens is 254 g/mol. The van der Waals surface area contributed by atoms with Gasteiger partial charge >= 0.3 is 5.97 Å². The minimum atomic E-state index is -0.249. The lowest BCUT2D eigenvalue weighted by Gasteiger charge is -2.21. The van der Waals surface area contributed by atoms with Gasteiger partial charge in [0.2, 0.25) is 0 Å². The molecule has 0 aromatic carbocycles. The molecule has 0 radical (unpaired) electrons. The molecule has 1 N–H and O–H groups in total. The number of hydrogen-bond acceptors (Lipinski definition) is 4. The topological polar surface area (TPSA) is 47.6 Å². The van der Waals surface area contributed by atoms with E-state index in [1.807, 2.05) is 20.8 Å². The third kappa shape index (κ3) is 7.25. The predicted octanol–water partition coefficient (Wildman–Crippen LogP) is 3.05. The van der Waals surface area contributed by atoms with Crippen molar-refractivity contribution in [3.05, 3.63) is 0 Å². The highest BCUT2D eigenvalue weighted by Crippen LogP contribution is 2.20. The summed E-state index contributed by atoms with van der Waals surface area (Å²) in [6.45, 7) is 6.98. The summed E-state index contributed by atoms with van der Waals surface area (Å²) < 4.78 is 11.1. The fourth-order valence-electron chi connectivity index (χ4n) is 2.68. The monoisotopic (exact) mass is 285 g/mol. The second-order valence-corrected chi connectivity index (χ2v) is 5.90. The number of hydrogen-bond donors (Lipinski definition) is 1. The third-order valence-electron chi connectivity index (χ3n) is 3.67. The lowest BCUT2D eigenvalue weighted by atomic mass is 10.1. The van der Waals surface area contributed by atoms with Gasteiger partial charge in [0.15, 0.2) is 0 Å². The van der Waals surface area contributed by atoms with Gasteiger partial charge < -0.3 is 14.8 Å². The van der Waals surface area contributed by atoms with Crippen LogP contribution in [0.25, 0.3) is 0 Å². The van der Waals surface area contributed by atoms with Gasteiger partial charge in [-0.25, -0.2) is 0 Å². The van der Waals surface area contributed by atoms with Gasteiger partial charge in [-0.3, -0.25) is 4.79 Å². The van der Waals surface area contributed by atoms with Crippen LogP contribution in [0.5, 0.6) is 0 Å². The highest BCUT2D eigenvalue weighted by atomic mass is 16.5. The van der Waals surface area contributed by atoms with E-state index < -0.39 is 0 Å². The lowest BCUT2D eigenvalue weighted by molar-refractivity contribution is -0.146. The normalized spacial score (nSPS) is 18.8. The molecule has 0 aromatic heterocycles. The van der Waals surface area contributed by atoms with Crippen molar-refractivity contribution in [2.24, 2.45) is 0 Å². The molecule has 118 valence electrons. The molecule has 0 bridgehead atoms. The van der Waals surface area contributed by atoms with Gasteiger partial charge in [-0.05, 0) is 26.2 Å². The Labute approximate surface area is 123 Å². The van der Waals surface area contributed by atoms with Crippen LogP contribution in [0.3, 0.4) is 0 Å². The number of carbonyl (C=O) groups is 1. The Morgan fingerprint density at radius 1 is 1.20 bits per heavy atom. The highest BCUT2D eigenvalue weighted by molar-refractivity contribution is 5.75. The van der Waals surface area contributed by atoms with Crippen LogP contribution in [0.4, 0.5) is 0 Å². The molecule has 4 nitrogen and oxygen atoms in total. The zero-order valence-corrected chi connectivity index (χ0v) is 13.3. The van der Waals surface area contributed by atoms with Crippen molar-refractivity contribution in [1.82, 2.24) is 5.32 Å². The molecule has 1 saturated carbocycles. The Hall–Kier alpha value is -0.610. The van der Waals surface area contributed by atoms with Crippen molar-refractivity contribution >= 4 is 5.97 Å². The van der Waals surface area contributed by atoms with Crippen LogP contribution in [0.2, 0.25) is 0 Å². The first kappa shape index (κ1) is 17.4. The molecule has 0 heterocycles. The zero-order chi connectivity index (χ0) is 14.8. The maximum atomic E-state index is 11.9. The number of carbonyl (C=O) groups excluding carboxylic acids is 1. The molecule has 1 aliphatic carbocycles. The quantitative estimate of drug-likeness (QED) is 0.550. The Balaban J connectivity index is 2.31. The summed E-state index contributed by atoms with van der Waals surface area (Å²) >= 11 is 0.